The zero-order chi connectivity index (χ0) is 17.2. The van der Waals surface area contributed by atoms with Gasteiger partial charge in [0.15, 0.2) is 0 Å². The van der Waals surface area contributed by atoms with Crippen molar-refractivity contribution in [1.29, 1.82) is 0 Å². The van der Waals surface area contributed by atoms with E-state index < -0.39 is 11.7 Å². The number of nitrogens with one attached hydrogen (secondary N) is 1. The molecule has 0 aromatic carbocycles. The van der Waals surface area contributed by atoms with Crippen LogP contribution in [0, 0.1) is 12.8 Å². The van der Waals surface area contributed by atoms with Crippen molar-refractivity contribution in [3.8, 4) is 0 Å². The minimum absolute atomic E-state index is 0.0997. The number of pyridine rings is 1. The number of ether oxygens (including phenoxy) is 1. The maximum atomic E-state index is 12.8. The first kappa shape index (κ1) is 17.2. The van der Waals surface area contributed by atoms with Crippen LogP contribution in [0.1, 0.15) is 56.7 Å². The number of hydrogen-bond acceptors (Lipinski definition) is 4. The van der Waals surface area contributed by atoms with Crippen molar-refractivity contribution >= 4 is 12.0 Å². The average molecular weight is 319 g/mol. The lowest BCUT2D eigenvalue weighted by Crippen LogP contribution is -2.53. The maximum absolute atomic E-state index is 12.8. The van der Waals surface area contributed by atoms with Crippen LogP contribution in [0.25, 0.3) is 0 Å². The van der Waals surface area contributed by atoms with Crippen LogP contribution < -0.4 is 5.43 Å². The lowest BCUT2D eigenvalue weighted by Gasteiger charge is -2.30. The summed E-state index contributed by atoms with van der Waals surface area (Å²) < 4.78 is 5.26. The van der Waals surface area contributed by atoms with Crippen LogP contribution in [0.2, 0.25) is 0 Å². The number of aromatic nitrogens is 1. The molecule has 126 valence electrons. The lowest BCUT2D eigenvalue weighted by atomic mass is 10.2. The molecule has 1 aliphatic carbocycles. The van der Waals surface area contributed by atoms with Gasteiger partial charge in [0, 0.05) is 5.69 Å². The monoisotopic (exact) mass is 319 g/mol. The van der Waals surface area contributed by atoms with Gasteiger partial charge in [-0.2, -0.15) is 0 Å². The van der Waals surface area contributed by atoms with Gasteiger partial charge in [-0.25, -0.2) is 20.2 Å². The molecule has 1 atom stereocenters. The van der Waals surface area contributed by atoms with E-state index in [0.717, 1.165) is 18.5 Å². The molecule has 0 saturated heterocycles. The number of rotatable bonds is 3. The molecular weight excluding hydrogens is 294 g/mol. The molecule has 0 spiro atoms. The average Bonchev–Trinajstić information content (AvgIpc) is 3.26. The highest BCUT2D eigenvalue weighted by Crippen LogP contribution is 2.35. The second-order valence-corrected chi connectivity index (χ2v) is 7.03. The number of nitrogens with zero attached hydrogens (tertiary/aromatic N) is 2. The molecule has 1 fully saturated rings. The first-order valence-electron chi connectivity index (χ1n) is 7.94. The summed E-state index contributed by atoms with van der Waals surface area (Å²) in [5.41, 5.74) is 3.04. The SMILES string of the molecule is Cc1cccc(C(=O)N(NC(=O)OC(C)(C)C)C(C)C2CC2)n1. The molecule has 1 unspecified atom stereocenters. The van der Waals surface area contributed by atoms with Gasteiger partial charge in [0.2, 0.25) is 0 Å². The summed E-state index contributed by atoms with van der Waals surface area (Å²) in [6, 6.07) is 5.16. The number of carbonyl (C=O) groups excluding carboxylic acids is 2. The van der Waals surface area contributed by atoms with Gasteiger partial charge in [-0.1, -0.05) is 6.07 Å². The molecule has 23 heavy (non-hydrogen) atoms. The Morgan fingerprint density at radius 2 is 2.00 bits per heavy atom. The zero-order valence-electron chi connectivity index (χ0n) is 14.4. The van der Waals surface area contributed by atoms with Crippen molar-refractivity contribution in [3.05, 3.63) is 29.6 Å². The van der Waals surface area contributed by atoms with Crippen LogP contribution in [0.5, 0.6) is 0 Å². The third-order valence-corrected chi connectivity index (χ3v) is 3.65. The fraction of sp³-hybridized carbons (Fsp3) is 0.588. The first-order chi connectivity index (χ1) is 10.7. The molecule has 2 rings (SSSR count). The fourth-order valence-corrected chi connectivity index (χ4v) is 2.31. The predicted molar refractivity (Wildman–Crippen MR) is 86.7 cm³/mol. The quantitative estimate of drug-likeness (QED) is 0.869. The van der Waals surface area contributed by atoms with Crippen LogP contribution in [0.3, 0.4) is 0 Å². The molecule has 6 nitrogen and oxygen atoms in total. The topological polar surface area (TPSA) is 71.5 Å². The van der Waals surface area contributed by atoms with Gasteiger partial charge in [-0.15, -0.1) is 0 Å². The largest absolute Gasteiger partial charge is 0.443 e. The van der Waals surface area contributed by atoms with E-state index in [-0.39, 0.29) is 11.9 Å². The van der Waals surface area contributed by atoms with E-state index in [0.29, 0.717) is 11.6 Å². The van der Waals surface area contributed by atoms with E-state index in [1.54, 1.807) is 32.9 Å². The normalized spacial score (nSPS) is 15.7. The van der Waals surface area contributed by atoms with Gasteiger partial charge in [0.05, 0.1) is 6.04 Å². The number of hydrogen-bond donors (Lipinski definition) is 1. The third-order valence-electron chi connectivity index (χ3n) is 3.65. The summed E-state index contributed by atoms with van der Waals surface area (Å²) in [6.45, 7) is 9.11. The van der Waals surface area contributed by atoms with Crippen molar-refractivity contribution in [3.63, 3.8) is 0 Å². The molecule has 1 N–H and O–H groups in total. The third kappa shape index (κ3) is 4.94. The second-order valence-electron chi connectivity index (χ2n) is 7.03. The summed E-state index contributed by atoms with van der Waals surface area (Å²) in [4.78, 5) is 29.1. The highest BCUT2D eigenvalue weighted by atomic mass is 16.6. The molecule has 0 bridgehead atoms. The minimum atomic E-state index is -0.633. The Balaban J connectivity index is 2.17. The molecule has 1 saturated carbocycles. The van der Waals surface area contributed by atoms with Gasteiger partial charge >= 0.3 is 6.09 Å². The summed E-state index contributed by atoms with van der Waals surface area (Å²) in [6.07, 6.45) is 1.48. The Bertz CT molecular complexity index is 591. The van der Waals surface area contributed by atoms with Gasteiger partial charge < -0.3 is 4.74 Å². The maximum Gasteiger partial charge on any atom is 0.426 e. The predicted octanol–water partition coefficient (Wildman–Crippen LogP) is 3.07. The Morgan fingerprint density at radius 3 is 2.52 bits per heavy atom. The zero-order valence-corrected chi connectivity index (χ0v) is 14.4. The van der Waals surface area contributed by atoms with Crippen molar-refractivity contribution in [2.24, 2.45) is 5.92 Å². The standard InChI is InChI=1S/C17H25N3O3/c1-11-7-6-8-14(18-11)15(21)20(12(2)13-9-10-13)19-16(22)23-17(3,4)5/h6-8,12-13H,9-10H2,1-5H3,(H,19,22). The van der Waals surface area contributed by atoms with Gasteiger partial charge in [0.1, 0.15) is 11.3 Å². The van der Waals surface area contributed by atoms with Crippen molar-refractivity contribution < 1.29 is 14.3 Å². The van der Waals surface area contributed by atoms with E-state index in [1.807, 2.05) is 19.9 Å². The molecule has 0 aliphatic heterocycles. The van der Waals surface area contributed by atoms with Crippen LogP contribution in [-0.4, -0.2) is 33.6 Å². The van der Waals surface area contributed by atoms with E-state index in [2.05, 4.69) is 10.4 Å². The van der Waals surface area contributed by atoms with E-state index in [9.17, 15) is 9.59 Å². The first-order valence-corrected chi connectivity index (χ1v) is 7.94. The number of hydrazine groups is 1. The molecule has 1 aromatic heterocycles. The molecule has 2 amide bonds. The molecule has 1 aromatic rings. The van der Waals surface area contributed by atoms with Crippen LogP contribution in [0.15, 0.2) is 18.2 Å². The highest BCUT2D eigenvalue weighted by molar-refractivity contribution is 5.93. The highest BCUT2D eigenvalue weighted by Gasteiger charge is 2.36. The number of carbonyl (C=O) groups is 2. The Hall–Kier alpha value is -2.11. The fourth-order valence-electron chi connectivity index (χ4n) is 2.31. The van der Waals surface area contributed by atoms with E-state index in [4.69, 9.17) is 4.74 Å². The Morgan fingerprint density at radius 1 is 1.35 bits per heavy atom. The van der Waals surface area contributed by atoms with E-state index >= 15 is 0 Å². The van der Waals surface area contributed by atoms with Crippen LogP contribution in [-0.2, 0) is 4.74 Å². The molecular formula is C17H25N3O3. The van der Waals surface area contributed by atoms with Gasteiger partial charge in [-0.05, 0) is 65.5 Å². The number of amides is 2. The van der Waals surface area contributed by atoms with Crippen LogP contribution >= 0.6 is 0 Å². The summed E-state index contributed by atoms with van der Waals surface area (Å²) in [7, 11) is 0. The van der Waals surface area contributed by atoms with E-state index in [1.165, 1.54) is 5.01 Å². The van der Waals surface area contributed by atoms with Gasteiger partial charge in [0.25, 0.3) is 5.91 Å². The van der Waals surface area contributed by atoms with Crippen molar-refractivity contribution in [1.82, 2.24) is 15.4 Å². The summed E-state index contributed by atoms with van der Waals surface area (Å²) in [5, 5.41) is 1.35. The Labute approximate surface area is 137 Å². The van der Waals surface area contributed by atoms with Gasteiger partial charge in [-0.3, -0.25) is 4.79 Å². The van der Waals surface area contributed by atoms with Crippen molar-refractivity contribution in [2.75, 3.05) is 0 Å². The Kier molecular flexibility index (Phi) is 4.92. The molecule has 1 heterocycles. The second kappa shape index (κ2) is 6.56. The summed E-state index contributed by atoms with van der Waals surface area (Å²) >= 11 is 0. The lowest BCUT2D eigenvalue weighted by molar-refractivity contribution is 0.0208. The molecule has 0 radical (unpaired) electrons. The molecule has 1 aliphatic rings. The van der Waals surface area contributed by atoms with Crippen molar-refractivity contribution in [2.45, 2.75) is 59.1 Å². The number of aryl methyl sites for hydroxylation is 1. The summed E-state index contributed by atoms with van der Waals surface area (Å²) in [5.74, 6) is 0.0812. The molecule has 6 heteroatoms. The van der Waals surface area contributed by atoms with Crippen LogP contribution in [0.4, 0.5) is 4.79 Å². The minimum Gasteiger partial charge on any atom is -0.443 e. The smallest absolute Gasteiger partial charge is 0.426 e.